The minimum absolute atomic E-state index is 0.0160. The Balaban J connectivity index is 1.64. The Labute approximate surface area is 205 Å². The highest BCUT2D eigenvalue weighted by atomic mass is 32.3. The molecule has 0 radical (unpaired) electrons. The minimum atomic E-state index is -4.94. The highest BCUT2D eigenvalue weighted by Gasteiger charge is 2.48. The number of hydrogen-bond acceptors (Lipinski definition) is 11. The van der Waals surface area contributed by atoms with Gasteiger partial charge in [-0.1, -0.05) is 6.58 Å². The molecule has 198 valence electrons. The zero-order chi connectivity index (χ0) is 27.2. The van der Waals surface area contributed by atoms with Crippen molar-refractivity contribution in [3.8, 4) is 23.0 Å². The summed E-state index contributed by atoms with van der Waals surface area (Å²) in [5.74, 6) is -5.09. The van der Waals surface area contributed by atoms with Crippen molar-refractivity contribution in [2.24, 2.45) is 0 Å². The lowest BCUT2D eigenvalue weighted by atomic mass is 9.99. The monoisotopic (exact) mass is 545 g/mol. The molecular weight excluding hydrogens is 528 g/mol. The van der Waals surface area contributed by atoms with Gasteiger partial charge < -0.3 is 38.5 Å². The molecule has 3 aromatic rings. The first-order chi connectivity index (χ1) is 17.2. The van der Waals surface area contributed by atoms with Crippen LogP contribution in [-0.4, -0.2) is 75.1 Å². The van der Waals surface area contributed by atoms with Crippen LogP contribution in [0.5, 0.6) is 11.5 Å². The van der Waals surface area contributed by atoms with E-state index in [0.29, 0.717) is 0 Å². The van der Waals surface area contributed by atoms with Crippen molar-refractivity contribution in [3.05, 3.63) is 48.3 Å². The Morgan fingerprint density at radius 3 is 2.41 bits per heavy atom. The van der Waals surface area contributed by atoms with Gasteiger partial charge in [0, 0.05) is 11.6 Å². The fourth-order valence-corrected chi connectivity index (χ4v) is 3.85. The Kier molecular flexibility index (Phi) is 6.89. The molecule has 1 saturated heterocycles. The molecule has 2 aromatic carbocycles. The summed E-state index contributed by atoms with van der Waals surface area (Å²) in [6.07, 6.45) is -9.67. The smallest absolute Gasteiger partial charge is 0.446 e. The average Bonchev–Trinajstić information content (AvgIpc) is 3.22. The second-order valence-electron chi connectivity index (χ2n) is 7.75. The van der Waals surface area contributed by atoms with Crippen molar-refractivity contribution < 1.29 is 65.0 Å². The van der Waals surface area contributed by atoms with E-state index >= 15 is 0 Å². The van der Waals surface area contributed by atoms with Gasteiger partial charge in [-0.3, -0.25) is 4.55 Å². The van der Waals surface area contributed by atoms with Crippen molar-refractivity contribution in [1.82, 2.24) is 4.98 Å². The maximum Gasteiger partial charge on any atom is 0.446 e. The van der Waals surface area contributed by atoms with Crippen molar-refractivity contribution in [2.75, 3.05) is 0 Å². The van der Waals surface area contributed by atoms with Gasteiger partial charge in [0.1, 0.15) is 35.4 Å². The number of carboxylic acid groups (broad SMARTS) is 1. The SMILES string of the molecule is C=C(F)c1cc(OS(=O)(=O)O)cc2nc(-c3ccc(O[C@@H]4O[C@H](C(=O)O)[C@@H](O)[C@H](O)[C@H]4O)c(F)c3)oc12. The van der Waals surface area contributed by atoms with E-state index in [1.54, 1.807) is 0 Å². The first kappa shape index (κ1) is 26.4. The van der Waals surface area contributed by atoms with Crippen molar-refractivity contribution in [2.45, 2.75) is 30.7 Å². The van der Waals surface area contributed by atoms with Crippen LogP contribution in [0.15, 0.2) is 41.3 Å². The van der Waals surface area contributed by atoms with Gasteiger partial charge in [-0.05, 0) is 24.3 Å². The summed E-state index contributed by atoms with van der Waals surface area (Å²) in [6, 6.07) is 5.00. The van der Waals surface area contributed by atoms with Crippen molar-refractivity contribution >= 4 is 33.3 Å². The van der Waals surface area contributed by atoms with Crippen molar-refractivity contribution in [3.63, 3.8) is 0 Å². The van der Waals surface area contributed by atoms with Gasteiger partial charge in [0.15, 0.2) is 23.3 Å². The summed E-state index contributed by atoms with van der Waals surface area (Å²) in [6.45, 7) is 3.11. The van der Waals surface area contributed by atoms with Crippen LogP contribution < -0.4 is 8.92 Å². The van der Waals surface area contributed by atoms with Crippen LogP contribution in [0.2, 0.25) is 0 Å². The van der Waals surface area contributed by atoms with Crippen LogP contribution in [0, 0.1) is 5.82 Å². The number of aromatic nitrogens is 1. The normalized spacial score (nSPS) is 24.1. The van der Waals surface area contributed by atoms with E-state index in [2.05, 4.69) is 15.7 Å². The third-order valence-electron chi connectivity index (χ3n) is 5.19. The number of benzene rings is 2. The molecule has 0 spiro atoms. The van der Waals surface area contributed by atoms with Gasteiger partial charge >= 0.3 is 16.4 Å². The van der Waals surface area contributed by atoms with Crippen LogP contribution in [0.3, 0.4) is 0 Å². The summed E-state index contributed by atoms with van der Waals surface area (Å²) in [7, 11) is -4.94. The molecule has 0 amide bonds. The second kappa shape index (κ2) is 9.66. The van der Waals surface area contributed by atoms with Crippen LogP contribution in [0.4, 0.5) is 8.78 Å². The number of fused-ring (bicyclic) bond motifs is 1. The lowest BCUT2D eigenvalue weighted by molar-refractivity contribution is -0.271. The lowest BCUT2D eigenvalue weighted by Crippen LogP contribution is -2.61. The van der Waals surface area contributed by atoms with Gasteiger partial charge in [-0.25, -0.2) is 18.6 Å². The molecule has 1 aromatic heterocycles. The van der Waals surface area contributed by atoms with Gasteiger partial charge in [0.05, 0.1) is 5.56 Å². The molecule has 1 fully saturated rings. The summed E-state index contributed by atoms with van der Waals surface area (Å²) >= 11 is 0. The van der Waals surface area contributed by atoms with Gasteiger partial charge in [0.25, 0.3) is 0 Å². The third-order valence-corrected chi connectivity index (χ3v) is 5.60. The standard InChI is InChI=1S/C21H17F2NO12S/c1-7(22)10-5-9(36-37(30,31)32)6-12-17(10)34-19(24-12)8-2-3-13(11(23)4-8)33-21-16(27)14(25)15(26)18(35-21)20(28)29/h2-6,14-16,18,21,25-27H,1H2,(H,28,29)(H,30,31,32)/t14-,15-,16+,18-,21+/m0/s1. The number of aliphatic carboxylic acids is 1. The fourth-order valence-electron chi connectivity index (χ4n) is 3.51. The molecular formula is C21H17F2NO12S. The summed E-state index contributed by atoms with van der Waals surface area (Å²) < 4.78 is 79.6. The molecule has 1 aliphatic rings. The van der Waals surface area contributed by atoms with E-state index in [0.717, 1.165) is 24.3 Å². The number of aliphatic hydroxyl groups is 3. The number of aliphatic hydroxyl groups excluding tert-OH is 3. The molecule has 16 heteroatoms. The minimum Gasteiger partial charge on any atom is -0.479 e. The number of halogens is 2. The zero-order valence-corrected chi connectivity index (χ0v) is 19.0. The van der Waals surface area contributed by atoms with Crippen LogP contribution in [0.1, 0.15) is 5.56 Å². The third kappa shape index (κ3) is 5.38. The maximum atomic E-state index is 14.8. The van der Waals surface area contributed by atoms with Crippen LogP contribution in [-0.2, 0) is 19.9 Å². The lowest BCUT2D eigenvalue weighted by Gasteiger charge is -2.38. The number of hydrogen-bond donors (Lipinski definition) is 5. The summed E-state index contributed by atoms with van der Waals surface area (Å²) in [5.41, 5.74) is -0.696. The number of nitrogens with zero attached hydrogens (tertiary/aromatic N) is 1. The Bertz CT molecular complexity index is 1490. The Hall–Kier alpha value is -3.67. The largest absolute Gasteiger partial charge is 0.479 e. The maximum absolute atomic E-state index is 14.8. The topological polar surface area (TPSA) is 206 Å². The zero-order valence-electron chi connectivity index (χ0n) is 18.2. The first-order valence-electron chi connectivity index (χ1n) is 10.1. The van der Waals surface area contributed by atoms with Crippen molar-refractivity contribution in [1.29, 1.82) is 0 Å². The van der Waals surface area contributed by atoms with Gasteiger partial charge in [-0.15, -0.1) is 0 Å². The van der Waals surface area contributed by atoms with E-state index < -0.39 is 70.2 Å². The van der Waals surface area contributed by atoms with Crippen LogP contribution in [0.25, 0.3) is 28.4 Å². The first-order valence-corrected chi connectivity index (χ1v) is 11.5. The molecule has 13 nitrogen and oxygen atoms in total. The molecule has 2 heterocycles. The van der Waals surface area contributed by atoms with Gasteiger partial charge in [0.2, 0.25) is 12.2 Å². The Morgan fingerprint density at radius 2 is 1.81 bits per heavy atom. The predicted molar refractivity (Wildman–Crippen MR) is 117 cm³/mol. The molecule has 5 atom stereocenters. The molecule has 0 aliphatic carbocycles. The summed E-state index contributed by atoms with van der Waals surface area (Å²) in [4.78, 5) is 15.2. The van der Waals surface area contributed by atoms with E-state index in [9.17, 15) is 37.3 Å². The number of oxazole rings is 1. The van der Waals surface area contributed by atoms with Gasteiger partial charge in [-0.2, -0.15) is 8.42 Å². The van der Waals surface area contributed by atoms with Crippen LogP contribution >= 0.6 is 0 Å². The number of carboxylic acids is 1. The van der Waals surface area contributed by atoms with E-state index in [1.165, 1.54) is 6.07 Å². The molecule has 1 aliphatic heterocycles. The molecule has 0 unspecified atom stereocenters. The fraction of sp³-hybridized carbons (Fsp3) is 0.238. The summed E-state index contributed by atoms with van der Waals surface area (Å²) in [5, 5.41) is 38.7. The average molecular weight is 545 g/mol. The highest BCUT2D eigenvalue weighted by Crippen LogP contribution is 2.35. The molecule has 0 saturated carbocycles. The predicted octanol–water partition coefficient (Wildman–Crippen LogP) is 1.03. The molecule has 0 bridgehead atoms. The Morgan fingerprint density at radius 1 is 1.11 bits per heavy atom. The number of carbonyl (C=O) groups is 1. The number of rotatable bonds is 7. The molecule has 5 N–H and O–H groups in total. The van der Waals surface area contributed by atoms with E-state index in [-0.39, 0.29) is 28.1 Å². The molecule has 37 heavy (non-hydrogen) atoms. The quantitative estimate of drug-likeness (QED) is 0.263. The van der Waals surface area contributed by atoms with E-state index in [4.69, 9.17) is 23.6 Å². The highest BCUT2D eigenvalue weighted by molar-refractivity contribution is 7.81. The number of ether oxygens (including phenoxy) is 2. The second-order valence-corrected chi connectivity index (χ2v) is 8.77. The van der Waals surface area contributed by atoms with E-state index in [1.807, 2.05) is 0 Å². The molecule has 4 rings (SSSR count).